The first-order chi connectivity index (χ1) is 7.49. The molecule has 0 spiro atoms. The van der Waals surface area contributed by atoms with Crippen molar-refractivity contribution in [3.8, 4) is 0 Å². The van der Waals surface area contributed by atoms with Crippen molar-refractivity contribution in [3.05, 3.63) is 12.7 Å². The summed E-state index contributed by atoms with van der Waals surface area (Å²) in [5, 5.41) is 10.2. The number of ether oxygens (including phenoxy) is 2. The molecule has 3 fully saturated rings. The lowest BCUT2D eigenvalue weighted by atomic mass is 9.84. The maximum atomic E-state index is 11.5. The van der Waals surface area contributed by atoms with Crippen molar-refractivity contribution in [2.24, 2.45) is 5.92 Å². The third-order valence-corrected chi connectivity index (χ3v) is 3.91. The van der Waals surface area contributed by atoms with Gasteiger partial charge in [-0.15, -0.1) is 0 Å². The molecule has 86 valence electrons. The van der Waals surface area contributed by atoms with Crippen molar-refractivity contribution < 1.29 is 24.2 Å². The Kier molecular flexibility index (Phi) is 1.63. The summed E-state index contributed by atoms with van der Waals surface area (Å²) in [6.07, 6.45) is 1.93. The lowest BCUT2D eigenvalue weighted by Crippen LogP contribution is -2.43. The van der Waals surface area contributed by atoms with Gasteiger partial charge in [0.2, 0.25) is 0 Å². The van der Waals surface area contributed by atoms with Gasteiger partial charge in [0.1, 0.15) is 11.7 Å². The van der Waals surface area contributed by atoms with Gasteiger partial charge in [-0.1, -0.05) is 6.58 Å². The van der Waals surface area contributed by atoms with Crippen LogP contribution in [-0.4, -0.2) is 34.4 Å². The van der Waals surface area contributed by atoms with E-state index >= 15 is 0 Å². The largest absolute Gasteiger partial charge is 0.460 e. The first kappa shape index (κ1) is 9.84. The minimum absolute atomic E-state index is 0.152. The lowest BCUT2D eigenvalue weighted by Gasteiger charge is -2.29. The molecule has 0 aromatic heterocycles. The van der Waals surface area contributed by atoms with Crippen molar-refractivity contribution in [1.29, 1.82) is 0 Å². The maximum Gasteiger partial charge on any atom is 0.339 e. The molecule has 0 aromatic rings. The number of hydrogen-bond acceptors (Lipinski definition) is 5. The summed E-state index contributed by atoms with van der Waals surface area (Å²) in [5.41, 5.74) is -2.17. The number of esters is 2. The highest BCUT2D eigenvalue weighted by Gasteiger charge is 2.73. The Morgan fingerprint density at radius 2 is 2.38 bits per heavy atom. The number of fused-ring (bicyclic) bond motifs is 1. The fraction of sp³-hybridized carbons (Fsp3) is 0.636. The standard InChI is InChI=1S/C11H12O5/c1-2-8(12)16-10-3-6-7(4-10)15-9(13)11(6,14)5-10/h2,6-7,14H,1,3-5H2. The van der Waals surface area contributed by atoms with E-state index in [1.807, 2.05) is 0 Å². The second-order valence-electron chi connectivity index (χ2n) is 4.87. The molecular formula is C11H12O5. The molecule has 4 atom stereocenters. The summed E-state index contributed by atoms with van der Waals surface area (Å²) in [6.45, 7) is 3.33. The van der Waals surface area contributed by atoms with Crippen LogP contribution in [0.1, 0.15) is 19.3 Å². The Labute approximate surface area is 92.0 Å². The minimum atomic E-state index is -1.44. The molecule has 2 saturated carbocycles. The Morgan fingerprint density at radius 3 is 2.94 bits per heavy atom. The van der Waals surface area contributed by atoms with Gasteiger partial charge in [-0.25, -0.2) is 9.59 Å². The predicted molar refractivity (Wildman–Crippen MR) is 51.2 cm³/mol. The highest BCUT2D eigenvalue weighted by molar-refractivity contribution is 5.85. The quantitative estimate of drug-likeness (QED) is 0.525. The number of carbonyl (C=O) groups is 2. The first-order valence-corrected chi connectivity index (χ1v) is 5.28. The van der Waals surface area contributed by atoms with Gasteiger partial charge >= 0.3 is 11.9 Å². The van der Waals surface area contributed by atoms with Gasteiger partial charge in [-0.2, -0.15) is 0 Å². The molecule has 1 aliphatic heterocycles. The summed E-state index contributed by atoms with van der Waals surface area (Å²) in [7, 11) is 0. The van der Waals surface area contributed by atoms with Crippen LogP contribution in [0.3, 0.4) is 0 Å². The molecule has 4 unspecified atom stereocenters. The summed E-state index contributed by atoms with van der Waals surface area (Å²) in [6, 6.07) is 0. The molecule has 1 N–H and O–H groups in total. The number of hydrogen-bond donors (Lipinski definition) is 1. The lowest BCUT2D eigenvalue weighted by molar-refractivity contribution is -0.159. The van der Waals surface area contributed by atoms with E-state index in [0.717, 1.165) is 6.08 Å². The van der Waals surface area contributed by atoms with Gasteiger partial charge in [0.15, 0.2) is 5.60 Å². The summed E-state index contributed by atoms with van der Waals surface area (Å²) >= 11 is 0. The molecule has 0 radical (unpaired) electrons. The van der Waals surface area contributed by atoms with Crippen molar-refractivity contribution in [3.63, 3.8) is 0 Å². The molecule has 3 rings (SSSR count). The van der Waals surface area contributed by atoms with Gasteiger partial charge in [0, 0.05) is 24.8 Å². The molecule has 2 aliphatic carbocycles. The Hall–Kier alpha value is -1.36. The van der Waals surface area contributed by atoms with E-state index in [4.69, 9.17) is 9.47 Å². The smallest absolute Gasteiger partial charge is 0.339 e. The molecule has 3 aliphatic rings. The normalized spacial score (nSPS) is 47.9. The number of rotatable bonds is 2. The van der Waals surface area contributed by atoms with Crippen LogP contribution in [0.5, 0.6) is 0 Å². The number of aliphatic hydroxyl groups is 1. The molecule has 16 heavy (non-hydrogen) atoms. The average molecular weight is 224 g/mol. The van der Waals surface area contributed by atoms with Crippen LogP contribution in [0.4, 0.5) is 0 Å². The highest BCUT2D eigenvalue weighted by Crippen LogP contribution is 2.60. The summed E-state index contributed by atoms with van der Waals surface area (Å²) < 4.78 is 10.4. The van der Waals surface area contributed by atoms with Gasteiger partial charge in [0.05, 0.1) is 0 Å². The fourth-order valence-corrected chi connectivity index (χ4v) is 3.33. The molecule has 0 aromatic carbocycles. The zero-order chi connectivity index (χ0) is 11.6. The van der Waals surface area contributed by atoms with Gasteiger partial charge in [0.25, 0.3) is 0 Å². The zero-order valence-corrected chi connectivity index (χ0v) is 8.64. The Morgan fingerprint density at radius 1 is 1.62 bits per heavy atom. The minimum Gasteiger partial charge on any atom is -0.460 e. The third-order valence-electron chi connectivity index (χ3n) is 3.91. The van der Waals surface area contributed by atoms with E-state index in [-0.39, 0.29) is 18.4 Å². The van der Waals surface area contributed by atoms with Crippen LogP contribution in [0, 0.1) is 5.92 Å². The van der Waals surface area contributed by atoms with Gasteiger partial charge in [-0.3, -0.25) is 0 Å². The average Bonchev–Trinajstić information content (AvgIpc) is 2.73. The molecular weight excluding hydrogens is 212 g/mol. The third kappa shape index (κ3) is 0.988. The number of carbonyl (C=O) groups excluding carboxylic acids is 2. The molecule has 0 amide bonds. The fourth-order valence-electron chi connectivity index (χ4n) is 3.33. The second-order valence-corrected chi connectivity index (χ2v) is 4.87. The van der Waals surface area contributed by atoms with E-state index in [2.05, 4.69) is 6.58 Å². The van der Waals surface area contributed by atoms with Crippen molar-refractivity contribution in [2.75, 3.05) is 0 Å². The van der Waals surface area contributed by atoms with Crippen molar-refractivity contribution in [2.45, 2.75) is 36.6 Å². The second kappa shape index (κ2) is 2.66. The van der Waals surface area contributed by atoms with Crippen LogP contribution >= 0.6 is 0 Å². The van der Waals surface area contributed by atoms with E-state index in [1.54, 1.807) is 0 Å². The van der Waals surface area contributed by atoms with Crippen molar-refractivity contribution in [1.82, 2.24) is 0 Å². The van der Waals surface area contributed by atoms with Crippen LogP contribution < -0.4 is 0 Å². The molecule has 5 nitrogen and oxygen atoms in total. The van der Waals surface area contributed by atoms with E-state index in [0.29, 0.717) is 12.8 Å². The van der Waals surface area contributed by atoms with Crippen molar-refractivity contribution >= 4 is 11.9 Å². The Bertz CT molecular complexity index is 403. The molecule has 5 heteroatoms. The Balaban J connectivity index is 1.91. The van der Waals surface area contributed by atoms with Gasteiger partial charge in [-0.05, 0) is 6.42 Å². The van der Waals surface area contributed by atoms with Crippen LogP contribution in [0.15, 0.2) is 12.7 Å². The van der Waals surface area contributed by atoms with Crippen LogP contribution in [0.25, 0.3) is 0 Å². The topological polar surface area (TPSA) is 72.8 Å². The highest BCUT2D eigenvalue weighted by atomic mass is 16.6. The van der Waals surface area contributed by atoms with E-state index in [1.165, 1.54) is 0 Å². The van der Waals surface area contributed by atoms with E-state index < -0.39 is 23.1 Å². The van der Waals surface area contributed by atoms with Crippen LogP contribution in [-0.2, 0) is 19.1 Å². The summed E-state index contributed by atoms with van der Waals surface area (Å²) in [5.74, 6) is -1.31. The van der Waals surface area contributed by atoms with E-state index in [9.17, 15) is 14.7 Å². The molecule has 1 heterocycles. The SMILES string of the molecule is C=CC(=O)OC12CC3OC(=O)C(O)(C1)C3C2. The monoisotopic (exact) mass is 224 g/mol. The molecule has 2 bridgehead atoms. The first-order valence-electron chi connectivity index (χ1n) is 5.28. The molecule has 1 saturated heterocycles. The van der Waals surface area contributed by atoms with Gasteiger partial charge < -0.3 is 14.6 Å². The van der Waals surface area contributed by atoms with Crippen LogP contribution in [0.2, 0.25) is 0 Å². The zero-order valence-electron chi connectivity index (χ0n) is 8.64. The maximum absolute atomic E-state index is 11.5. The predicted octanol–water partition coefficient (Wildman–Crippen LogP) is -0.0754. The summed E-state index contributed by atoms with van der Waals surface area (Å²) in [4.78, 5) is 22.7.